The molecule has 0 aromatic heterocycles. The number of benzene rings is 1. The van der Waals surface area contributed by atoms with Gasteiger partial charge in [-0.1, -0.05) is 12.1 Å². The maximum absolute atomic E-state index is 12.4. The normalized spacial score (nSPS) is 25.8. The number of hydrogen-bond acceptors (Lipinski definition) is 5. The summed E-state index contributed by atoms with van der Waals surface area (Å²) in [7, 11) is 0. The molecule has 0 aliphatic carbocycles. The van der Waals surface area contributed by atoms with E-state index in [1.165, 1.54) is 19.1 Å². The van der Waals surface area contributed by atoms with Crippen LogP contribution in [0.4, 0.5) is 0 Å². The molecular weight excluding hydrogens is 262 g/mol. The van der Waals surface area contributed by atoms with Crippen LogP contribution in [0.5, 0.6) is 0 Å². The summed E-state index contributed by atoms with van der Waals surface area (Å²) < 4.78 is 4.59. The monoisotopic (exact) mass is 273 g/mol. The number of amides is 2. The lowest BCUT2D eigenvalue weighted by atomic mass is 9.91. The van der Waals surface area contributed by atoms with Crippen molar-refractivity contribution in [1.82, 2.24) is 4.90 Å². The molecule has 1 aromatic rings. The molecule has 0 spiro atoms. The zero-order valence-electron chi connectivity index (χ0n) is 10.7. The molecule has 0 unspecified atom stereocenters. The van der Waals surface area contributed by atoms with E-state index in [2.05, 4.69) is 4.74 Å². The highest BCUT2D eigenvalue weighted by Gasteiger charge is 2.53. The second-order valence-electron chi connectivity index (χ2n) is 5.03. The molecule has 1 atom stereocenters. The number of carbonyl (C=O) groups is 4. The Bertz CT molecular complexity index is 630. The van der Waals surface area contributed by atoms with E-state index in [9.17, 15) is 19.2 Å². The van der Waals surface area contributed by atoms with Crippen LogP contribution in [0.2, 0.25) is 0 Å². The van der Waals surface area contributed by atoms with Gasteiger partial charge >= 0.3 is 11.9 Å². The number of carbonyl (C=O) groups excluding carboxylic acids is 4. The highest BCUT2D eigenvalue weighted by Crippen LogP contribution is 2.35. The van der Waals surface area contributed by atoms with Gasteiger partial charge in [0.05, 0.1) is 11.1 Å². The minimum Gasteiger partial charge on any atom is -0.391 e. The Labute approximate surface area is 114 Å². The minimum absolute atomic E-state index is 0.00432. The number of cyclic esters (lactones) is 2. The van der Waals surface area contributed by atoms with Gasteiger partial charge in [0, 0.05) is 6.42 Å². The van der Waals surface area contributed by atoms with Gasteiger partial charge in [0.1, 0.15) is 5.54 Å². The summed E-state index contributed by atoms with van der Waals surface area (Å²) in [4.78, 5) is 48.7. The SMILES string of the molecule is C[C@]1(N2C(=O)c3ccccc3C2=O)CCC(=O)OC1=O. The molecule has 6 nitrogen and oxygen atoms in total. The van der Waals surface area contributed by atoms with Crippen molar-refractivity contribution < 1.29 is 23.9 Å². The van der Waals surface area contributed by atoms with Crippen LogP contribution >= 0.6 is 0 Å². The minimum atomic E-state index is -1.43. The van der Waals surface area contributed by atoms with Crippen molar-refractivity contribution in [3.05, 3.63) is 35.4 Å². The van der Waals surface area contributed by atoms with Gasteiger partial charge in [0.2, 0.25) is 0 Å². The Hall–Kier alpha value is -2.50. The summed E-state index contributed by atoms with van der Waals surface area (Å²) in [5.74, 6) is -2.55. The van der Waals surface area contributed by atoms with Crippen molar-refractivity contribution in [1.29, 1.82) is 0 Å². The van der Waals surface area contributed by atoms with Gasteiger partial charge < -0.3 is 4.74 Å². The average Bonchev–Trinajstić information content (AvgIpc) is 2.68. The number of hydrogen-bond donors (Lipinski definition) is 0. The average molecular weight is 273 g/mol. The van der Waals surface area contributed by atoms with E-state index in [4.69, 9.17) is 0 Å². The predicted octanol–water partition coefficient (Wildman–Crippen LogP) is 0.905. The summed E-state index contributed by atoms with van der Waals surface area (Å²) in [6, 6.07) is 6.38. The molecule has 3 rings (SSSR count). The largest absolute Gasteiger partial charge is 0.391 e. The van der Waals surface area contributed by atoms with Crippen molar-refractivity contribution in [3.8, 4) is 0 Å². The Kier molecular flexibility index (Phi) is 2.50. The Balaban J connectivity index is 2.04. The lowest BCUT2D eigenvalue weighted by Gasteiger charge is -2.36. The van der Waals surface area contributed by atoms with Gasteiger partial charge in [0.15, 0.2) is 0 Å². The first-order chi connectivity index (χ1) is 9.45. The van der Waals surface area contributed by atoms with Gasteiger partial charge in [-0.2, -0.15) is 0 Å². The fraction of sp³-hybridized carbons (Fsp3) is 0.286. The Morgan fingerprint density at radius 1 is 1.05 bits per heavy atom. The molecule has 102 valence electrons. The quantitative estimate of drug-likeness (QED) is 0.431. The van der Waals surface area contributed by atoms with E-state index in [0.717, 1.165) is 4.90 Å². The molecule has 0 bridgehead atoms. The van der Waals surface area contributed by atoms with Crippen LogP contribution < -0.4 is 0 Å². The van der Waals surface area contributed by atoms with Gasteiger partial charge in [-0.15, -0.1) is 0 Å². The maximum atomic E-state index is 12.4. The number of ether oxygens (including phenoxy) is 1. The summed E-state index contributed by atoms with van der Waals surface area (Å²) in [6.07, 6.45) is 0.0752. The number of fused-ring (bicyclic) bond motifs is 1. The van der Waals surface area contributed by atoms with Gasteiger partial charge in [0.25, 0.3) is 11.8 Å². The molecule has 20 heavy (non-hydrogen) atoms. The van der Waals surface area contributed by atoms with Gasteiger partial charge in [-0.3, -0.25) is 19.3 Å². The third-order valence-corrected chi connectivity index (χ3v) is 3.75. The zero-order chi connectivity index (χ0) is 14.5. The summed E-state index contributed by atoms with van der Waals surface area (Å²) in [6.45, 7) is 1.45. The molecular formula is C14H11NO5. The van der Waals surface area contributed by atoms with Crippen molar-refractivity contribution in [2.45, 2.75) is 25.3 Å². The van der Waals surface area contributed by atoms with Crippen molar-refractivity contribution in [2.75, 3.05) is 0 Å². The maximum Gasteiger partial charge on any atom is 0.339 e. The standard InChI is InChI=1S/C14H11NO5/c1-14(7-6-10(16)20-13(14)19)15-11(17)8-4-2-3-5-9(8)12(15)18/h2-5H,6-7H2,1H3/t14-/m0/s1. The van der Waals surface area contributed by atoms with E-state index in [1.54, 1.807) is 12.1 Å². The molecule has 0 saturated carbocycles. The molecule has 1 aromatic carbocycles. The van der Waals surface area contributed by atoms with E-state index >= 15 is 0 Å². The van der Waals surface area contributed by atoms with Crippen molar-refractivity contribution in [3.63, 3.8) is 0 Å². The smallest absolute Gasteiger partial charge is 0.339 e. The van der Waals surface area contributed by atoms with Crippen molar-refractivity contribution >= 4 is 23.8 Å². The predicted molar refractivity (Wildman–Crippen MR) is 65.7 cm³/mol. The fourth-order valence-electron chi connectivity index (χ4n) is 2.55. The third-order valence-electron chi connectivity index (χ3n) is 3.75. The molecule has 6 heteroatoms. The Morgan fingerprint density at radius 2 is 1.60 bits per heavy atom. The molecule has 2 amide bonds. The molecule has 2 aliphatic heterocycles. The van der Waals surface area contributed by atoms with Crippen LogP contribution in [0.25, 0.3) is 0 Å². The first-order valence-corrected chi connectivity index (χ1v) is 6.18. The highest BCUT2D eigenvalue weighted by molar-refractivity contribution is 6.23. The van der Waals surface area contributed by atoms with Gasteiger partial charge in [-0.25, -0.2) is 4.79 Å². The zero-order valence-corrected chi connectivity index (χ0v) is 10.7. The second-order valence-corrected chi connectivity index (χ2v) is 5.03. The molecule has 1 fully saturated rings. The second kappa shape index (κ2) is 4.00. The van der Waals surface area contributed by atoms with Crippen LogP contribution in [0.15, 0.2) is 24.3 Å². The van der Waals surface area contributed by atoms with Crippen LogP contribution in [0, 0.1) is 0 Å². The Morgan fingerprint density at radius 3 is 2.10 bits per heavy atom. The van der Waals surface area contributed by atoms with E-state index in [0.29, 0.717) is 0 Å². The summed E-state index contributed by atoms with van der Waals surface area (Å²) >= 11 is 0. The van der Waals surface area contributed by atoms with Crippen LogP contribution in [-0.4, -0.2) is 34.2 Å². The number of esters is 2. The first kappa shape index (κ1) is 12.5. The number of nitrogens with zero attached hydrogens (tertiary/aromatic N) is 1. The highest BCUT2D eigenvalue weighted by atomic mass is 16.6. The summed E-state index contributed by atoms with van der Waals surface area (Å²) in [5, 5.41) is 0. The van der Waals surface area contributed by atoms with Gasteiger partial charge in [-0.05, 0) is 25.5 Å². The molecule has 0 N–H and O–H groups in total. The molecule has 2 aliphatic rings. The summed E-state index contributed by atoms with van der Waals surface area (Å²) in [5.41, 5.74) is -0.895. The molecule has 2 heterocycles. The van der Waals surface area contributed by atoms with E-state index in [1.807, 2.05) is 0 Å². The first-order valence-electron chi connectivity index (χ1n) is 6.18. The molecule has 1 saturated heterocycles. The lowest BCUT2D eigenvalue weighted by Crippen LogP contribution is -2.58. The number of imide groups is 1. The van der Waals surface area contributed by atoms with E-state index < -0.39 is 29.3 Å². The van der Waals surface area contributed by atoms with Crippen molar-refractivity contribution in [2.24, 2.45) is 0 Å². The van der Waals surface area contributed by atoms with Crippen LogP contribution in [0.1, 0.15) is 40.5 Å². The van der Waals surface area contributed by atoms with E-state index in [-0.39, 0.29) is 24.0 Å². The fourth-order valence-corrected chi connectivity index (χ4v) is 2.55. The number of rotatable bonds is 1. The van der Waals surface area contributed by atoms with Crippen LogP contribution in [0.3, 0.4) is 0 Å². The lowest BCUT2D eigenvalue weighted by molar-refractivity contribution is -0.172. The molecule has 0 radical (unpaired) electrons. The van der Waals surface area contributed by atoms with Crippen LogP contribution in [-0.2, 0) is 14.3 Å². The third kappa shape index (κ3) is 1.51. The topological polar surface area (TPSA) is 80.8 Å².